The highest BCUT2D eigenvalue weighted by atomic mass is 19.1. The van der Waals surface area contributed by atoms with Crippen molar-refractivity contribution in [2.45, 2.75) is 25.9 Å². The number of carbonyl (C=O) groups excluding carboxylic acids is 3. The molecule has 1 fully saturated rings. The molecule has 1 saturated heterocycles. The second-order valence-electron chi connectivity index (χ2n) is 12.1. The molecule has 4 aromatic rings. The van der Waals surface area contributed by atoms with E-state index in [1.54, 1.807) is 97.6 Å². The summed E-state index contributed by atoms with van der Waals surface area (Å²) in [6, 6.07) is 16.8. The second kappa shape index (κ2) is 14.0. The molecule has 2 aromatic carbocycles. The standard InChI is InChI=1S/C35H37FN6O5/c1-35(2,21-36)26-10-7-23(8-11-26)32(45)39-29-6-4-5-27(28(29)20-43)25-17-30(34(47)40(3)19-25)38-31-12-9-24(18-37-31)33(46)42-15-13-41(22-44)14-16-42/h4-12,17-19,22,43H,13-16,20-21H2,1-3H3,(H,37,38)(H,39,45). The molecule has 2 aromatic heterocycles. The Morgan fingerprint density at radius 2 is 1.70 bits per heavy atom. The third kappa shape index (κ3) is 7.23. The van der Waals surface area contributed by atoms with Crippen LogP contribution in [0.5, 0.6) is 0 Å². The molecule has 11 nitrogen and oxygen atoms in total. The molecule has 3 amide bonds. The van der Waals surface area contributed by atoms with Gasteiger partial charge in [0.25, 0.3) is 17.4 Å². The minimum atomic E-state index is -0.662. The molecule has 1 aliphatic rings. The summed E-state index contributed by atoms with van der Waals surface area (Å²) < 4.78 is 14.8. The third-order valence-electron chi connectivity index (χ3n) is 8.36. The number of halogens is 1. The number of carbonyl (C=O) groups is 3. The number of rotatable bonds is 10. The Hall–Kier alpha value is -5.36. The summed E-state index contributed by atoms with van der Waals surface area (Å²) in [5, 5.41) is 16.3. The summed E-state index contributed by atoms with van der Waals surface area (Å²) >= 11 is 0. The van der Waals surface area contributed by atoms with Gasteiger partial charge in [0.05, 0.1) is 18.8 Å². The van der Waals surface area contributed by atoms with Gasteiger partial charge in [0.1, 0.15) is 11.5 Å². The average Bonchev–Trinajstić information content (AvgIpc) is 3.10. The number of aromatic nitrogens is 2. The maximum Gasteiger partial charge on any atom is 0.274 e. The predicted molar refractivity (Wildman–Crippen MR) is 177 cm³/mol. The molecule has 0 radical (unpaired) electrons. The summed E-state index contributed by atoms with van der Waals surface area (Å²) in [5.41, 5.74) is 2.85. The van der Waals surface area contributed by atoms with Gasteiger partial charge in [-0.3, -0.25) is 23.6 Å². The first-order chi connectivity index (χ1) is 22.5. The maximum atomic E-state index is 13.4. The number of aliphatic hydroxyl groups excluding tert-OH is 1. The molecule has 0 saturated carbocycles. The van der Waals surface area contributed by atoms with Gasteiger partial charge in [-0.2, -0.15) is 0 Å². The van der Waals surface area contributed by atoms with E-state index in [1.807, 2.05) is 0 Å². The van der Waals surface area contributed by atoms with E-state index in [9.17, 15) is 28.7 Å². The Bertz CT molecular complexity index is 1830. The van der Waals surface area contributed by atoms with Gasteiger partial charge in [-0.05, 0) is 47.5 Å². The first-order valence-electron chi connectivity index (χ1n) is 15.2. The zero-order chi connectivity index (χ0) is 33.7. The molecule has 0 atom stereocenters. The van der Waals surface area contributed by atoms with Crippen molar-refractivity contribution in [3.05, 3.63) is 106 Å². The molecular weight excluding hydrogens is 603 g/mol. The second-order valence-corrected chi connectivity index (χ2v) is 12.1. The van der Waals surface area contributed by atoms with Crippen LogP contribution in [0.3, 0.4) is 0 Å². The van der Waals surface area contributed by atoms with E-state index in [-0.39, 0.29) is 29.7 Å². The fraction of sp³-hybridized carbons (Fsp3) is 0.286. The first kappa shape index (κ1) is 33.0. The number of aliphatic hydroxyl groups is 1. The van der Waals surface area contributed by atoms with Crippen LogP contribution in [-0.2, 0) is 23.9 Å². The Labute approximate surface area is 271 Å². The molecule has 12 heteroatoms. The van der Waals surface area contributed by atoms with Crippen molar-refractivity contribution in [1.29, 1.82) is 0 Å². The number of aryl methyl sites for hydroxylation is 1. The van der Waals surface area contributed by atoms with Crippen molar-refractivity contribution in [1.82, 2.24) is 19.4 Å². The lowest BCUT2D eigenvalue weighted by atomic mass is 9.86. The Balaban J connectivity index is 1.35. The van der Waals surface area contributed by atoms with Crippen LogP contribution >= 0.6 is 0 Å². The molecule has 0 bridgehead atoms. The smallest absolute Gasteiger partial charge is 0.274 e. The molecule has 3 heterocycles. The lowest BCUT2D eigenvalue weighted by molar-refractivity contribution is -0.119. The number of nitrogens with one attached hydrogen (secondary N) is 2. The van der Waals surface area contributed by atoms with E-state index in [2.05, 4.69) is 15.6 Å². The number of amides is 3. The number of piperazine rings is 1. The number of hydrogen-bond donors (Lipinski definition) is 3. The van der Waals surface area contributed by atoms with Crippen molar-refractivity contribution in [2.75, 3.05) is 43.5 Å². The lowest BCUT2D eigenvalue weighted by Gasteiger charge is -2.32. The highest BCUT2D eigenvalue weighted by molar-refractivity contribution is 6.05. The van der Waals surface area contributed by atoms with E-state index in [0.717, 1.165) is 12.0 Å². The number of anilines is 3. The zero-order valence-electron chi connectivity index (χ0n) is 26.5. The molecular formula is C35H37FN6O5. The largest absolute Gasteiger partial charge is 0.392 e. The van der Waals surface area contributed by atoms with Gasteiger partial charge in [0.15, 0.2) is 0 Å². The first-order valence-corrected chi connectivity index (χ1v) is 15.2. The Morgan fingerprint density at radius 1 is 1.00 bits per heavy atom. The van der Waals surface area contributed by atoms with E-state index in [4.69, 9.17) is 0 Å². The van der Waals surface area contributed by atoms with E-state index in [0.29, 0.717) is 65.5 Å². The molecule has 5 rings (SSSR count). The van der Waals surface area contributed by atoms with Crippen LogP contribution < -0.4 is 16.2 Å². The highest BCUT2D eigenvalue weighted by Crippen LogP contribution is 2.31. The third-order valence-corrected chi connectivity index (χ3v) is 8.36. The SMILES string of the molecule is Cn1cc(-c2cccc(NC(=O)c3ccc(C(C)(C)CF)cc3)c2CO)cc(Nc2ccc(C(=O)N3CCN(C=O)CC3)cn2)c1=O. The van der Waals surface area contributed by atoms with Gasteiger partial charge in [0.2, 0.25) is 6.41 Å². The molecule has 0 spiro atoms. The topological polar surface area (TPSA) is 137 Å². The number of hydrogen-bond acceptors (Lipinski definition) is 7. The quantitative estimate of drug-likeness (QED) is 0.222. The van der Waals surface area contributed by atoms with E-state index in [1.165, 1.54) is 10.8 Å². The molecule has 1 aliphatic heterocycles. The van der Waals surface area contributed by atoms with Gasteiger partial charge in [-0.1, -0.05) is 38.1 Å². The van der Waals surface area contributed by atoms with E-state index < -0.39 is 12.1 Å². The van der Waals surface area contributed by atoms with Crippen molar-refractivity contribution < 1.29 is 23.9 Å². The van der Waals surface area contributed by atoms with Gasteiger partial charge in [0, 0.05) is 73.4 Å². The fourth-order valence-electron chi connectivity index (χ4n) is 5.38. The summed E-state index contributed by atoms with van der Waals surface area (Å²) in [5.74, 6) is -0.222. The molecule has 0 unspecified atom stereocenters. The van der Waals surface area contributed by atoms with Crippen molar-refractivity contribution in [3.63, 3.8) is 0 Å². The maximum absolute atomic E-state index is 13.4. The summed E-state index contributed by atoms with van der Waals surface area (Å²) in [6.07, 6.45) is 3.86. The van der Waals surface area contributed by atoms with Crippen LogP contribution in [0.25, 0.3) is 11.1 Å². The van der Waals surface area contributed by atoms with Crippen molar-refractivity contribution in [2.24, 2.45) is 7.05 Å². The normalized spacial score (nSPS) is 13.3. The van der Waals surface area contributed by atoms with E-state index >= 15 is 0 Å². The van der Waals surface area contributed by atoms with Crippen LogP contribution in [0.2, 0.25) is 0 Å². The number of nitrogens with zero attached hydrogens (tertiary/aromatic N) is 4. The number of benzene rings is 2. The molecule has 47 heavy (non-hydrogen) atoms. The van der Waals surface area contributed by atoms with Crippen LogP contribution in [-0.4, -0.2) is 75.5 Å². The predicted octanol–water partition coefficient (Wildman–Crippen LogP) is 4.10. The fourth-order valence-corrected chi connectivity index (χ4v) is 5.38. The average molecular weight is 641 g/mol. The van der Waals surface area contributed by atoms with Crippen LogP contribution in [0.15, 0.2) is 77.9 Å². The molecule has 3 N–H and O–H groups in total. The number of pyridine rings is 2. The number of alkyl halides is 1. The van der Waals surface area contributed by atoms with Crippen molar-refractivity contribution >= 4 is 35.4 Å². The summed E-state index contributed by atoms with van der Waals surface area (Å²) in [4.78, 5) is 57.7. The van der Waals surface area contributed by atoms with Crippen molar-refractivity contribution in [3.8, 4) is 11.1 Å². The minimum Gasteiger partial charge on any atom is -0.392 e. The van der Waals surface area contributed by atoms with Crippen LogP contribution in [0.1, 0.15) is 45.7 Å². The Kier molecular flexibility index (Phi) is 9.80. The van der Waals surface area contributed by atoms with Crippen LogP contribution in [0, 0.1) is 0 Å². The zero-order valence-corrected chi connectivity index (χ0v) is 26.5. The van der Waals surface area contributed by atoms with Crippen LogP contribution in [0.4, 0.5) is 21.6 Å². The molecule has 0 aliphatic carbocycles. The summed E-state index contributed by atoms with van der Waals surface area (Å²) in [7, 11) is 1.61. The van der Waals surface area contributed by atoms with Gasteiger partial charge in [-0.15, -0.1) is 0 Å². The summed E-state index contributed by atoms with van der Waals surface area (Å²) in [6.45, 7) is 4.50. The van der Waals surface area contributed by atoms with Gasteiger partial charge < -0.3 is 30.1 Å². The van der Waals surface area contributed by atoms with Gasteiger partial charge in [-0.25, -0.2) is 4.98 Å². The molecule has 244 valence electrons. The highest BCUT2D eigenvalue weighted by Gasteiger charge is 2.23. The Morgan fingerprint density at radius 3 is 2.32 bits per heavy atom. The lowest BCUT2D eigenvalue weighted by Crippen LogP contribution is -2.48. The monoisotopic (exact) mass is 640 g/mol. The minimum absolute atomic E-state index is 0.186. The van der Waals surface area contributed by atoms with Gasteiger partial charge >= 0.3 is 0 Å².